The molecule has 0 saturated carbocycles. The largest absolute Gasteiger partial charge is 0.462 e. The van der Waals surface area contributed by atoms with Gasteiger partial charge in [0.2, 0.25) is 0 Å². The fraction of sp³-hybridized carbons (Fsp3) is 0.587. The number of rotatable bonds is 48. The Morgan fingerprint density at radius 3 is 1.10 bits per heavy atom. The number of carbonyl (C=O) groups is 2. The molecule has 0 heterocycles. The second-order valence-electron chi connectivity index (χ2n) is 17.4. The molecule has 0 fully saturated rings. The zero-order valence-corrected chi connectivity index (χ0v) is 43.8. The first kappa shape index (κ1) is 63.8. The van der Waals surface area contributed by atoms with Crippen LogP contribution in [0.2, 0.25) is 0 Å². The molecule has 0 aromatic rings. The Morgan fingerprint density at radius 1 is 0.338 bits per heavy atom. The number of allylic oxidation sites excluding steroid dienone is 24. The molecule has 0 N–H and O–H groups in total. The van der Waals surface area contributed by atoms with Crippen molar-refractivity contribution in [3.63, 3.8) is 0 Å². The highest BCUT2D eigenvalue weighted by Crippen LogP contribution is 2.11. The molecule has 0 saturated heterocycles. The molecule has 68 heavy (non-hydrogen) atoms. The summed E-state index contributed by atoms with van der Waals surface area (Å²) in [5.41, 5.74) is 0. The molecule has 0 bridgehead atoms. The third kappa shape index (κ3) is 54.4. The van der Waals surface area contributed by atoms with Gasteiger partial charge < -0.3 is 14.2 Å². The maximum atomic E-state index is 12.8. The Balaban J connectivity index is 4.49. The van der Waals surface area contributed by atoms with Crippen LogP contribution in [0.1, 0.15) is 213 Å². The summed E-state index contributed by atoms with van der Waals surface area (Å²) < 4.78 is 17.4. The van der Waals surface area contributed by atoms with Gasteiger partial charge in [-0.25, -0.2) is 0 Å². The van der Waals surface area contributed by atoms with Gasteiger partial charge in [0, 0.05) is 19.4 Å². The average Bonchev–Trinajstić information content (AvgIpc) is 3.34. The Hall–Kier alpha value is -4.22. The van der Waals surface area contributed by atoms with Crippen LogP contribution in [-0.4, -0.2) is 37.9 Å². The summed E-state index contributed by atoms with van der Waals surface area (Å²) in [6.07, 6.45) is 82.9. The van der Waals surface area contributed by atoms with Crippen LogP contribution in [0.4, 0.5) is 0 Å². The number of hydrogen-bond donors (Lipinski definition) is 0. The van der Waals surface area contributed by atoms with Gasteiger partial charge in [0.1, 0.15) is 6.61 Å². The molecule has 0 aromatic heterocycles. The van der Waals surface area contributed by atoms with Crippen LogP contribution in [0.15, 0.2) is 146 Å². The lowest BCUT2D eigenvalue weighted by molar-refractivity contribution is -0.162. The van der Waals surface area contributed by atoms with Crippen LogP contribution in [0.5, 0.6) is 0 Å². The quantitative estimate of drug-likeness (QED) is 0.0346. The predicted molar refractivity (Wildman–Crippen MR) is 297 cm³/mol. The van der Waals surface area contributed by atoms with E-state index in [4.69, 9.17) is 14.2 Å². The summed E-state index contributed by atoms with van der Waals surface area (Å²) in [6, 6.07) is 0. The van der Waals surface area contributed by atoms with Crippen molar-refractivity contribution < 1.29 is 23.8 Å². The van der Waals surface area contributed by atoms with Gasteiger partial charge in [-0.05, 0) is 135 Å². The summed E-state index contributed by atoms with van der Waals surface area (Å²) in [7, 11) is 0. The first-order valence-corrected chi connectivity index (χ1v) is 27.4. The number of unbranched alkanes of at least 4 members (excludes halogenated alkanes) is 13. The molecule has 382 valence electrons. The highest BCUT2D eigenvalue weighted by atomic mass is 16.6. The summed E-state index contributed by atoms with van der Waals surface area (Å²) in [6.45, 7) is 7.44. The third-order valence-electron chi connectivity index (χ3n) is 10.8. The van der Waals surface area contributed by atoms with Crippen LogP contribution >= 0.6 is 0 Å². The minimum Gasteiger partial charge on any atom is -0.462 e. The molecule has 0 radical (unpaired) electrons. The van der Waals surface area contributed by atoms with E-state index in [9.17, 15) is 9.59 Å². The van der Waals surface area contributed by atoms with Gasteiger partial charge in [-0.15, -0.1) is 0 Å². The van der Waals surface area contributed by atoms with Gasteiger partial charge >= 0.3 is 11.9 Å². The van der Waals surface area contributed by atoms with Crippen LogP contribution < -0.4 is 0 Å². The summed E-state index contributed by atoms with van der Waals surface area (Å²) in [4.78, 5) is 25.5. The molecule has 0 aliphatic rings. The van der Waals surface area contributed by atoms with Crippen molar-refractivity contribution >= 4 is 11.9 Å². The number of ether oxygens (including phenoxy) is 3. The highest BCUT2D eigenvalue weighted by Gasteiger charge is 2.17. The van der Waals surface area contributed by atoms with Gasteiger partial charge in [-0.2, -0.15) is 0 Å². The van der Waals surface area contributed by atoms with Crippen LogP contribution in [0.3, 0.4) is 0 Å². The number of carbonyl (C=O) groups excluding carboxylic acids is 2. The van der Waals surface area contributed by atoms with Crippen molar-refractivity contribution in [2.75, 3.05) is 19.8 Å². The van der Waals surface area contributed by atoms with E-state index in [2.05, 4.69) is 167 Å². The van der Waals surface area contributed by atoms with Crippen molar-refractivity contribution in [2.24, 2.45) is 0 Å². The minimum absolute atomic E-state index is 0.0308. The number of esters is 2. The average molecular weight is 937 g/mol. The Labute approximate surface area is 419 Å². The monoisotopic (exact) mass is 937 g/mol. The van der Waals surface area contributed by atoms with Gasteiger partial charge in [0.15, 0.2) is 6.10 Å². The molecule has 1 unspecified atom stereocenters. The van der Waals surface area contributed by atoms with Gasteiger partial charge in [-0.1, -0.05) is 212 Å². The first-order valence-electron chi connectivity index (χ1n) is 27.4. The molecule has 0 rings (SSSR count). The smallest absolute Gasteiger partial charge is 0.306 e. The SMILES string of the molecule is CC/C=C\C/C=C\C/C=C\C/C=C\C/C=C\CCCCCC(=O)OCC(COCCCCCCCC/C=C\C/C=C\CCCCC)OC(=O)CCC/C=C\C/C=C\C/C=C\C/C=C\C/C=C\CC. The summed E-state index contributed by atoms with van der Waals surface area (Å²) in [5, 5.41) is 0. The second kappa shape index (κ2) is 57.1. The van der Waals surface area contributed by atoms with E-state index in [0.717, 1.165) is 122 Å². The zero-order valence-electron chi connectivity index (χ0n) is 43.8. The predicted octanol–water partition coefficient (Wildman–Crippen LogP) is 18.9. The summed E-state index contributed by atoms with van der Waals surface area (Å²) >= 11 is 0. The van der Waals surface area contributed by atoms with Crippen molar-refractivity contribution in [3.8, 4) is 0 Å². The van der Waals surface area contributed by atoms with E-state index in [1.54, 1.807) is 0 Å². The molecular formula is C63H100O5. The highest BCUT2D eigenvalue weighted by molar-refractivity contribution is 5.70. The molecular weight excluding hydrogens is 837 g/mol. The molecule has 0 amide bonds. The molecule has 0 aliphatic heterocycles. The van der Waals surface area contributed by atoms with Gasteiger partial charge in [0.25, 0.3) is 0 Å². The molecule has 0 spiro atoms. The third-order valence-corrected chi connectivity index (χ3v) is 10.8. The lowest BCUT2D eigenvalue weighted by atomic mass is 10.1. The zero-order chi connectivity index (χ0) is 49.2. The molecule has 5 heteroatoms. The Kier molecular flexibility index (Phi) is 53.6. The van der Waals surface area contributed by atoms with Gasteiger partial charge in [0.05, 0.1) is 6.61 Å². The molecule has 5 nitrogen and oxygen atoms in total. The molecule has 1 atom stereocenters. The minimum atomic E-state index is -0.597. The standard InChI is InChI=1S/C63H100O5/c1-4-7-10-13-16-19-22-25-28-31-32-34-35-38-41-44-47-50-53-56-62(64)67-60-61(59-66-58-55-52-49-46-43-40-37-30-27-24-21-18-15-12-9-6-3)68-63(65)57-54-51-48-45-42-39-36-33-29-26-23-20-17-14-11-8-5-2/h7-8,10-11,16-21,25-30,32,34,36,38-39,41,45,48,61H,4-6,9,12-15,22-24,31,33,35,37,40,42-44,46-47,49-60H2,1-3H3/b10-7-,11-8-,19-16-,20-17-,21-18-,28-25-,29-26-,30-27-,34-32-,39-36-,41-38-,48-45-. The van der Waals surface area contributed by atoms with Crippen LogP contribution in [0.25, 0.3) is 0 Å². The van der Waals surface area contributed by atoms with E-state index in [1.165, 1.54) is 51.4 Å². The van der Waals surface area contributed by atoms with Crippen LogP contribution in [0, 0.1) is 0 Å². The van der Waals surface area contributed by atoms with Gasteiger partial charge in [-0.3, -0.25) is 9.59 Å². The van der Waals surface area contributed by atoms with E-state index in [-0.39, 0.29) is 25.2 Å². The van der Waals surface area contributed by atoms with Crippen LogP contribution in [-0.2, 0) is 23.8 Å². The van der Waals surface area contributed by atoms with Crippen molar-refractivity contribution in [3.05, 3.63) is 146 Å². The van der Waals surface area contributed by atoms with Crippen molar-refractivity contribution in [2.45, 2.75) is 219 Å². The van der Waals surface area contributed by atoms with E-state index < -0.39 is 6.10 Å². The molecule has 0 aromatic carbocycles. The second-order valence-corrected chi connectivity index (χ2v) is 17.4. The Bertz CT molecular complexity index is 1480. The lowest BCUT2D eigenvalue weighted by Gasteiger charge is -2.18. The molecule has 0 aliphatic carbocycles. The van der Waals surface area contributed by atoms with E-state index in [0.29, 0.717) is 25.9 Å². The maximum absolute atomic E-state index is 12.8. The fourth-order valence-electron chi connectivity index (χ4n) is 6.84. The fourth-order valence-corrected chi connectivity index (χ4v) is 6.84. The topological polar surface area (TPSA) is 61.8 Å². The Morgan fingerprint density at radius 2 is 0.676 bits per heavy atom. The number of hydrogen-bond acceptors (Lipinski definition) is 5. The van der Waals surface area contributed by atoms with Crippen molar-refractivity contribution in [1.82, 2.24) is 0 Å². The maximum Gasteiger partial charge on any atom is 0.306 e. The first-order chi connectivity index (χ1) is 33.6. The van der Waals surface area contributed by atoms with E-state index >= 15 is 0 Å². The normalized spacial score (nSPS) is 13.4. The van der Waals surface area contributed by atoms with Crippen molar-refractivity contribution in [1.29, 1.82) is 0 Å². The lowest BCUT2D eigenvalue weighted by Crippen LogP contribution is -2.30. The van der Waals surface area contributed by atoms with E-state index in [1.807, 2.05) is 0 Å². The summed E-state index contributed by atoms with van der Waals surface area (Å²) in [5.74, 6) is -0.518.